The fraction of sp³-hybridized carbons (Fsp3) is 0.250. The summed E-state index contributed by atoms with van der Waals surface area (Å²) in [6, 6.07) is 5.05. The molecule has 0 saturated heterocycles. The smallest absolute Gasteiger partial charge is 0.180 e. The molecule has 1 aromatic carbocycles. The maximum Gasteiger partial charge on any atom is 0.180 e. The highest BCUT2D eigenvalue weighted by atomic mass is 79.9. The molecule has 0 amide bonds. The van der Waals surface area contributed by atoms with E-state index < -0.39 is 0 Å². The summed E-state index contributed by atoms with van der Waals surface area (Å²) in [6.07, 6.45) is 1.61. The minimum atomic E-state index is -0.242. The molecule has 0 atom stereocenters. The maximum atomic E-state index is 13.1. The Kier molecular flexibility index (Phi) is 3.79. The van der Waals surface area contributed by atoms with Crippen LogP contribution in [0.5, 0.6) is 0 Å². The lowest BCUT2D eigenvalue weighted by molar-refractivity contribution is 0.620. The number of nitrogens with zero attached hydrogens (tertiary/aromatic N) is 1. The summed E-state index contributed by atoms with van der Waals surface area (Å²) in [4.78, 5) is 5.43. The van der Waals surface area contributed by atoms with Crippen LogP contribution in [0.3, 0.4) is 0 Å². The van der Waals surface area contributed by atoms with Gasteiger partial charge in [0.1, 0.15) is 5.82 Å². The Labute approximate surface area is 112 Å². The summed E-state index contributed by atoms with van der Waals surface area (Å²) < 4.78 is 13.6. The SMILES string of the molecule is CCc1nc(N)sc1Cc1ccc(F)c(Br)c1. The van der Waals surface area contributed by atoms with Crippen LogP contribution in [0.25, 0.3) is 0 Å². The Hall–Kier alpha value is -0.940. The maximum absolute atomic E-state index is 13.1. The normalized spacial score (nSPS) is 10.8. The number of anilines is 1. The van der Waals surface area contributed by atoms with Crippen molar-refractivity contribution in [2.75, 3.05) is 5.73 Å². The number of hydrogen-bond acceptors (Lipinski definition) is 3. The van der Waals surface area contributed by atoms with E-state index in [-0.39, 0.29) is 5.82 Å². The molecule has 0 fully saturated rings. The number of thiazole rings is 1. The van der Waals surface area contributed by atoms with E-state index in [9.17, 15) is 4.39 Å². The molecule has 2 nitrogen and oxygen atoms in total. The highest BCUT2D eigenvalue weighted by Gasteiger charge is 2.09. The summed E-state index contributed by atoms with van der Waals surface area (Å²) >= 11 is 4.69. The van der Waals surface area contributed by atoms with Gasteiger partial charge < -0.3 is 5.73 Å². The fourth-order valence-electron chi connectivity index (χ4n) is 1.65. The van der Waals surface area contributed by atoms with Gasteiger partial charge in [0.15, 0.2) is 5.13 Å². The van der Waals surface area contributed by atoms with Gasteiger partial charge in [0.2, 0.25) is 0 Å². The molecule has 1 heterocycles. The molecule has 2 aromatic rings. The van der Waals surface area contributed by atoms with E-state index in [1.165, 1.54) is 17.4 Å². The third-order valence-electron chi connectivity index (χ3n) is 2.48. The van der Waals surface area contributed by atoms with E-state index >= 15 is 0 Å². The average Bonchev–Trinajstić information content (AvgIpc) is 2.64. The Bertz CT molecular complexity index is 539. The average molecular weight is 315 g/mol. The number of nitrogen functional groups attached to an aromatic ring is 1. The molecule has 1 aromatic heterocycles. The number of nitrogens with two attached hydrogens (primary N) is 1. The first kappa shape index (κ1) is 12.5. The van der Waals surface area contributed by atoms with Gasteiger partial charge in [0.25, 0.3) is 0 Å². The fourth-order valence-corrected chi connectivity index (χ4v) is 3.03. The highest BCUT2D eigenvalue weighted by Crippen LogP contribution is 2.25. The first-order chi connectivity index (χ1) is 8.10. The van der Waals surface area contributed by atoms with E-state index in [1.807, 2.05) is 0 Å². The van der Waals surface area contributed by atoms with Crippen molar-refractivity contribution in [2.45, 2.75) is 19.8 Å². The van der Waals surface area contributed by atoms with E-state index in [0.717, 1.165) is 29.0 Å². The van der Waals surface area contributed by atoms with Crippen molar-refractivity contribution >= 4 is 32.4 Å². The van der Waals surface area contributed by atoms with E-state index in [2.05, 4.69) is 27.8 Å². The lowest BCUT2D eigenvalue weighted by Gasteiger charge is -2.02. The molecule has 17 heavy (non-hydrogen) atoms. The third-order valence-corrected chi connectivity index (χ3v) is 4.01. The molecule has 5 heteroatoms. The zero-order valence-electron chi connectivity index (χ0n) is 9.34. The zero-order valence-corrected chi connectivity index (χ0v) is 11.7. The number of aromatic nitrogens is 1. The minimum absolute atomic E-state index is 0.242. The van der Waals surface area contributed by atoms with Crippen LogP contribution in [0.1, 0.15) is 23.1 Å². The Morgan fingerprint density at radius 2 is 2.24 bits per heavy atom. The number of aryl methyl sites for hydroxylation is 1. The van der Waals surface area contributed by atoms with E-state index in [4.69, 9.17) is 5.73 Å². The molecule has 0 spiro atoms. The van der Waals surface area contributed by atoms with Crippen LogP contribution >= 0.6 is 27.3 Å². The first-order valence-electron chi connectivity index (χ1n) is 5.28. The second-order valence-corrected chi connectivity index (χ2v) is 5.67. The van der Waals surface area contributed by atoms with Crippen LogP contribution in [-0.4, -0.2) is 4.98 Å². The van der Waals surface area contributed by atoms with Gasteiger partial charge in [-0.15, -0.1) is 11.3 Å². The number of benzene rings is 1. The molecule has 0 aliphatic rings. The van der Waals surface area contributed by atoms with Gasteiger partial charge in [0, 0.05) is 11.3 Å². The highest BCUT2D eigenvalue weighted by molar-refractivity contribution is 9.10. The molecule has 0 radical (unpaired) electrons. The van der Waals surface area contributed by atoms with Crippen LogP contribution in [0.15, 0.2) is 22.7 Å². The van der Waals surface area contributed by atoms with Crippen molar-refractivity contribution in [3.05, 3.63) is 44.6 Å². The van der Waals surface area contributed by atoms with E-state index in [1.54, 1.807) is 12.1 Å². The molecule has 2 N–H and O–H groups in total. The molecular formula is C12H12BrFN2S. The summed E-state index contributed by atoms with van der Waals surface area (Å²) in [5.41, 5.74) is 7.79. The second kappa shape index (κ2) is 5.14. The molecule has 0 unspecified atom stereocenters. The zero-order chi connectivity index (χ0) is 12.4. The Morgan fingerprint density at radius 1 is 1.47 bits per heavy atom. The molecule has 0 aliphatic heterocycles. The van der Waals surface area contributed by atoms with Crippen molar-refractivity contribution < 1.29 is 4.39 Å². The second-order valence-electron chi connectivity index (χ2n) is 3.70. The molecule has 2 rings (SSSR count). The third kappa shape index (κ3) is 2.84. The number of halogens is 2. The Balaban J connectivity index is 2.27. The Morgan fingerprint density at radius 3 is 2.88 bits per heavy atom. The lowest BCUT2D eigenvalue weighted by atomic mass is 10.1. The first-order valence-corrected chi connectivity index (χ1v) is 6.89. The van der Waals surface area contributed by atoms with Crippen molar-refractivity contribution in [3.63, 3.8) is 0 Å². The van der Waals surface area contributed by atoms with Gasteiger partial charge in [0.05, 0.1) is 10.2 Å². The van der Waals surface area contributed by atoms with E-state index in [0.29, 0.717) is 9.60 Å². The number of rotatable bonds is 3. The van der Waals surface area contributed by atoms with Crippen molar-refractivity contribution in [1.82, 2.24) is 4.98 Å². The molecule has 0 bridgehead atoms. The summed E-state index contributed by atoms with van der Waals surface area (Å²) in [5, 5.41) is 0.595. The van der Waals surface area contributed by atoms with Gasteiger partial charge in [-0.3, -0.25) is 0 Å². The van der Waals surface area contributed by atoms with Crippen LogP contribution in [0, 0.1) is 5.82 Å². The monoisotopic (exact) mass is 314 g/mol. The quantitative estimate of drug-likeness (QED) is 0.936. The van der Waals surface area contributed by atoms with Crippen LogP contribution in [0.4, 0.5) is 9.52 Å². The van der Waals surface area contributed by atoms with Crippen LogP contribution < -0.4 is 5.73 Å². The molecule has 0 aliphatic carbocycles. The predicted octanol–water partition coefficient (Wildman–Crippen LogP) is 3.78. The summed E-state index contributed by atoms with van der Waals surface area (Å²) in [5.74, 6) is -0.242. The lowest BCUT2D eigenvalue weighted by Crippen LogP contribution is -1.92. The number of hydrogen-bond donors (Lipinski definition) is 1. The van der Waals surface area contributed by atoms with Gasteiger partial charge in [-0.2, -0.15) is 0 Å². The van der Waals surface area contributed by atoms with Crippen molar-refractivity contribution in [2.24, 2.45) is 0 Å². The minimum Gasteiger partial charge on any atom is -0.375 e. The molecular weight excluding hydrogens is 303 g/mol. The molecule has 0 saturated carbocycles. The topological polar surface area (TPSA) is 38.9 Å². The summed E-state index contributed by atoms with van der Waals surface area (Å²) in [7, 11) is 0. The van der Waals surface area contributed by atoms with Crippen LogP contribution in [0.2, 0.25) is 0 Å². The van der Waals surface area contributed by atoms with Crippen molar-refractivity contribution in [1.29, 1.82) is 0 Å². The molecule has 90 valence electrons. The predicted molar refractivity (Wildman–Crippen MR) is 72.8 cm³/mol. The van der Waals surface area contributed by atoms with Gasteiger partial charge in [-0.05, 0) is 40.0 Å². The summed E-state index contributed by atoms with van der Waals surface area (Å²) in [6.45, 7) is 2.05. The van der Waals surface area contributed by atoms with Crippen molar-refractivity contribution in [3.8, 4) is 0 Å². The van der Waals surface area contributed by atoms with Gasteiger partial charge >= 0.3 is 0 Å². The largest absolute Gasteiger partial charge is 0.375 e. The standard InChI is InChI=1S/C12H12BrFN2S/c1-2-10-11(17-12(15)16-10)6-7-3-4-9(14)8(13)5-7/h3-5H,2,6H2,1H3,(H2,15,16). The van der Waals surface area contributed by atoms with Crippen LogP contribution in [-0.2, 0) is 12.8 Å². The van der Waals surface area contributed by atoms with Gasteiger partial charge in [-0.25, -0.2) is 9.37 Å². The van der Waals surface area contributed by atoms with Gasteiger partial charge in [-0.1, -0.05) is 13.0 Å².